The summed E-state index contributed by atoms with van der Waals surface area (Å²) in [4.78, 5) is 33.6. The maximum Gasteiger partial charge on any atom is 0.350 e. The number of para-hydroxylation sites is 1. The second-order valence-corrected chi connectivity index (χ2v) is 7.62. The highest BCUT2D eigenvalue weighted by molar-refractivity contribution is 7.13. The lowest BCUT2D eigenvalue weighted by Gasteiger charge is -2.16. The summed E-state index contributed by atoms with van der Waals surface area (Å²) in [6, 6.07) is 6.19. The molecule has 0 bridgehead atoms. The van der Waals surface area contributed by atoms with Gasteiger partial charge in [-0.15, -0.1) is 11.3 Å². The van der Waals surface area contributed by atoms with Crippen LogP contribution in [0.5, 0.6) is 5.75 Å². The number of phenols is 1. The van der Waals surface area contributed by atoms with Crippen molar-refractivity contribution in [3.8, 4) is 5.75 Å². The Bertz CT molecular complexity index is 928. The van der Waals surface area contributed by atoms with Crippen LogP contribution in [0.4, 0.5) is 0 Å². The second kappa shape index (κ2) is 11.9. The zero-order valence-electron chi connectivity index (χ0n) is 18.2. The Morgan fingerprint density at radius 1 is 1.26 bits per heavy atom. The maximum absolute atomic E-state index is 12.1. The summed E-state index contributed by atoms with van der Waals surface area (Å²) in [5, 5.41) is 19.6. The van der Waals surface area contributed by atoms with Crippen LogP contribution in [0.15, 0.2) is 29.3 Å². The van der Waals surface area contributed by atoms with Crippen LogP contribution < -0.4 is 16.0 Å². The number of benzene rings is 1. The van der Waals surface area contributed by atoms with Gasteiger partial charge in [0.15, 0.2) is 5.96 Å². The van der Waals surface area contributed by atoms with Gasteiger partial charge in [-0.05, 0) is 39.8 Å². The molecule has 0 radical (unpaired) electrons. The van der Waals surface area contributed by atoms with Crippen molar-refractivity contribution in [2.75, 3.05) is 26.2 Å². The second-order valence-electron chi connectivity index (χ2n) is 6.59. The smallest absolute Gasteiger partial charge is 0.350 e. The molecule has 1 atom stereocenters. The molecule has 0 saturated carbocycles. The van der Waals surface area contributed by atoms with Crippen LogP contribution >= 0.6 is 11.3 Å². The lowest BCUT2D eigenvalue weighted by Crippen LogP contribution is -2.39. The van der Waals surface area contributed by atoms with E-state index < -0.39 is 0 Å². The van der Waals surface area contributed by atoms with Crippen molar-refractivity contribution in [2.45, 2.75) is 33.7 Å². The largest absolute Gasteiger partial charge is 0.507 e. The van der Waals surface area contributed by atoms with Crippen molar-refractivity contribution in [1.82, 2.24) is 20.9 Å². The third-order valence-corrected chi connectivity index (χ3v) is 5.48. The van der Waals surface area contributed by atoms with Gasteiger partial charge < -0.3 is 25.8 Å². The zero-order chi connectivity index (χ0) is 22.8. The SMILES string of the molecule is CCNC(=NCCNC(=O)c1ccccc1O)NC(C)c1nc(C)c(C(=O)OCC)s1. The van der Waals surface area contributed by atoms with Crippen molar-refractivity contribution in [1.29, 1.82) is 0 Å². The van der Waals surface area contributed by atoms with E-state index in [1.807, 2.05) is 13.8 Å². The predicted molar refractivity (Wildman–Crippen MR) is 121 cm³/mol. The van der Waals surface area contributed by atoms with Crippen LogP contribution in [-0.2, 0) is 4.74 Å². The summed E-state index contributed by atoms with van der Waals surface area (Å²) in [5.41, 5.74) is 0.864. The Kier molecular flexibility index (Phi) is 9.26. The van der Waals surface area contributed by atoms with Crippen molar-refractivity contribution in [3.05, 3.63) is 45.4 Å². The number of aromatic nitrogens is 1. The van der Waals surface area contributed by atoms with Gasteiger partial charge in [0.25, 0.3) is 5.91 Å². The molecule has 0 aliphatic carbocycles. The van der Waals surface area contributed by atoms with Crippen LogP contribution in [0.25, 0.3) is 0 Å². The summed E-state index contributed by atoms with van der Waals surface area (Å²) in [6.45, 7) is 9.06. The molecule has 0 fully saturated rings. The van der Waals surface area contributed by atoms with E-state index in [2.05, 4.69) is 25.9 Å². The molecule has 2 aromatic rings. The number of esters is 1. The number of aromatic hydroxyl groups is 1. The van der Waals surface area contributed by atoms with Gasteiger partial charge in [0.1, 0.15) is 15.6 Å². The summed E-state index contributed by atoms with van der Waals surface area (Å²) >= 11 is 1.30. The van der Waals surface area contributed by atoms with E-state index in [-0.39, 0.29) is 29.2 Å². The van der Waals surface area contributed by atoms with Crippen LogP contribution in [0.1, 0.15) is 57.5 Å². The third kappa shape index (κ3) is 6.95. The molecule has 0 aliphatic heterocycles. The molecule has 10 heteroatoms. The highest BCUT2D eigenvalue weighted by Gasteiger charge is 2.20. The zero-order valence-corrected chi connectivity index (χ0v) is 19.0. The molecule has 1 unspecified atom stereocenters. The van der Waals surface area contributed by atoms with Crippen molar-refractivity contribution in [3.63, 3.8) is 0 Å². The number of ether oxygens (including phenoxy) is 1. The number of aliphatic imine (C=N–C) groups is 1. The summed E-state index contributed by atoms with van der Waals surface area (Å²) in [5.74, 6) is -0.216. The monoisotopic (exact) mass is 447 g/mol. The number of hydrogen-bond acceptors (Lipinski definition) is 7. The number of rotatable bonds is 9. The molecule has 31 heavy (non-hydrogen) atoms. The van der Waals surface area contributed by atoms with E-state index in [0.29, 0.717) is 42.8 Å². The van der Waals surface area contributed by atoms with Gasteiger partial charge in [-0.3, -0.25) is 9.79 Å². The molecular formula is C21H29N5O4S. The Labute approximate surface area is 186 Å². The van der Waals surface area contributed by atoms with E-state index in [1.165, 1.54) is 17.4 Å². The minimum absolute atomic E-state index is 0.0618. The number of carbonyl (C=O) groups excluding carboxylic acids is 2. The number of nitrogens with one attached hydrogen (secondary N) is 3. The first-order chi connectivity index (χ1) is 14.9. The fraction of sp³-hybridized carbons (Fsp3) is 0.429. The summed E-state index contributed by atoms with van der Waals surface area (Å²) < 4.78 is 5.07. The number of thiazole rings is 1. The van der Waals surface area contributed by atoms with E-state index in [9.17, 15) is 14.7 Å². The Morgan fingerprint density at radius 2 is 2.00 bits per heavy atom. The molecule has 9 nitrogen and oxygen atoms in total. The van der Waals surface area contributed by atoms with Crippen LogP contribution in [0, 0.1) is 6.92 Å². The highest BCUT2D eigenvalue weighted by atomic mass is 32.1. The number of hydrogen-bond donors (Lipinski definition) is 4. The van der Waals surface area contributed by atoms with Crippen LogP contribution in [0.2, 0.25) is 0 Å². The quantitative estimate of drug-likeness (QED) is 0.201. The van der Waals surface area contributed by atoms with E-state index in [4.69, 9.17) is 4.74 Å². The van der Waals surface area contributed by atoms with Gasteiger partial charge >= 0.3 is 5.97 Å². The van der Waals surface area contributed by atoms with Gasteiger partial charge in [-0.1, -0.05) is 12.1 Å². The molecule has 1 aromatic carbocycles. The standard InChI is InChI=1S/C21H29N5O4S/c1-5-22-21(24-12-11-23-18(28)15-9-7-8-10-16(15)27)26-14(4)19-25-13(3)17(31-19)20(29)30-6-2/h7-10,14,27H,5-6,11-12H2,1-4H3,(H,23,28)(H2,22,24,26). The summed E-state index contributed by atoms with van der Waals surface area (Å²) in [7, 11) is 0. The average molecular weight is 448 g/mol. The number of phenolic OH excluding ortho intramolecular Hbond substituents is 1. The Balaban J connectivity index is 1.95. The van der Waals surface area contributed by atoms with Crippen LogP contribution in [-0.4, -0.2) is 54.2 Å². The minimum Gasteiger partial charge on any atom is -0.507 e. The molecule has 168 valence electrons. The van der Waals surface area contributed by atoms with Crippen LogP contribution in [0.3, 0.4) is 0 Å². The number of guanidine groups is 1. The number of nitrogens with zero attached hydrogens (tertiary/aromatic N) is 2. The number of amides is 1. The fourth-order valence-corrected chi connectivity index (χ4v) is 3.64. The topological polar surface area (TPSA) is 125 Å². The number of aryl methyl sites for hydroxylation is 1. The first-order valence-corrected chi connectivity index (χ1v) is 10.9. The first-order valence-electron chi connectivity index (χ1n) is 10.1. The first kappa shape index (κ1) is 24.1. The van der Waals surface area contributed by atoms with E-state index >= 15 is 0 Å². The maximum atomic E-state index is 12.1. The molecule has 0 saturated heterocycles. The van der Waals surface area contributed by atoms with Gasteiger partial charge in [-0.2, -0.15) is 0 Å². The predicted octanol–water partition coefficient (Wildman–Crippen LogP) is 2.38. The number of carbonyl (C=O) groups is 2. The summed E-state index contributed by atoms with van der Waals surface area (Å²) in [6.07, 6.45) is 0. The van der Waals surface area contributed by atoms with E-state index in [1.54, 1.807) is 32.0 Å². The normalized spacial score (nSPS) is 12.2. The molecule has 1 amide bonds. The highest BCUT2D eigenvalue weighted by Crippen LogP contribution is 2.24. The molecule has 1 heterocycles. The van der Waals surface area contributed by atoms with Gasteiger partial charge in [-0.25, -0.2) is 9.78 Å². The molecular weight excluding hydrogens is 418 g/mol. The van der Waals surface area contributed by atoms with Crippen molar-refractivity contribution >= 4 is 29.2 Å². The third-order valence-electron chi connectivity index (χ3n) is 4.16. The Morgan fingerprint density at radius 3 is 2.68 bits per heavy atom. The fourth-order valence-electron chi connectivity index (χ4n) is 2.67. The molecule has 0 aliphatic rings. The Hall–Kier alpha value is -3.14. The average Bonchev–Trinajstić information content (AvgIpc) is 3.13. The molecule has 0 spiro atoms. The molecule has 4 N–H and O–H groups in total. The van der Waals surface area contributed by atoms with Gasteiger partial charge in [0.2, 0.25) is 0 Å². The molecule has 1 aromatic heterocycles. The lowest BCUT2D eigenvalue weighted by atomic mass is 10.2. The van der Waals surface area contributed by atoms with Crippen molar-refractivity contribution < 1.29 is 19.4 Å². The minimum atomic E-state index is -0.364. The van der Waals surface area contributed by atoms with E-state index in [0.717, 1.165) is 5.01 Å². The van der Waals surface area contributed by atoms with Gasteiger partial charge in [0.05, 0.1) is 30.5 Å². The lowest BCUT2D eigenvalue weighted by molar-refractivity contribution is 0.0531. The van der Waals surface area contributed by atoms with Gasteiger partial charge in [0, 0.05) is 13.1 Å². The van der Waals surface area contributed by atoms with Crippen molar-refractivity contribution in [2.24, 2.45) is 4.99 Å². The molecule has 2 rings (SSSR count).